The summed E-state index contributed by atoms with van der Waals surface area (Å²) >= 11 is 0. The molecule has 9 heteroatoms. The highest BCUT2D eigenvalue weighted by Crippen LogP contribution is 2.37. The van der Waals surface area contributed by atoms with Crippen molar-refractivity contribution in [2.45, 2.75) is 37.3 Å². The van der Waals surface area contributed by atoms with Crippen LogP contribution in [0.5, 0.6) is 5.75 Å². The Morgan fingerprint density at radius 3 is 2.50 bits per heavy atom. The fourth-order valence-electron chi connectivity index (χ4n) is 3.22. The van der Waals surface area contributed by atoms with Crippen molar-refractivity contribution in [3.8, 4) is 5.75 Å². The van der Waals surface area contributed by atoms with Gasteiger partial charge in [0.25, 0.3) is 0 Å². The predicted octanol–water partition coefficient (Wildman–Crippen LogP) is 4.14. The number of hydrogen-bond donors (Lipinski definition) is 2. The molecule has 2 aromatic heterocycles. The second-order valence-electron chi connectivity index (χ2n) is 8.06. The smallest absolute Gasteiger partial charge is 0.186 e. The molecule has 8 nitrogen and oxygen atoms in total. The van der Waals surface area contributed by atoms with Crippen molar-refractivity contribution in [1.29, 1.82) is 0 Å². The van der Waals surface area contributed by atoms with Crippen molar-refractivity contribution in [3.63, 3.8) is 0 Å². The lowest BCUT2D eigenvalue weighted by molar-refractivity contribution is 0.402. The monoisotopic (exact) mass is 425 g/mol. The Bertz CT molecular complexity index is 1370. The van der Waals surface area contributed by atoms with Crippen molar-refractivity contribution in [2.24, 2.45) is 0 Å². The molecule has 0 aliphatic heterocycles. The van der Waals surface area contributed by atoms with E-state index in [0.717, 1.165) is 22.3 Å². The van der Waals surface area contributed by atoms with Gasteiger partial charge in [-0.2, -0.15) is 5.10 Å². The van der Waals surface area contributed by atoms with Gasteiger partial charge < -0.3 is 10.1 Å². The van der Waals surface area contributed by atoms with E-state index in [-0.39, 0.29) is 10.6 Å². The highest BCUT2D eigenvalue weighted by atomic mass is 32.2. The molecule has 0 saturated carbocycles. The van der Waals surface area contributed by atoms with Gasteiger partial charge in [0.1, 0.15) is 22.8 Å². The summed E-state index contributed by atoms with van der Waals surface area (Å²) in [5, 5.41) is 12.1. The van der Waals surface area contributed by atoms with E-state index < -0.39 is 14.6 Å². The summed E-state index contributed by atoms with van der Waals surface area (Å²) in [6.45, 7) is 6.94. The van der Waals surface area contributed by atoms with E-state index in [1.807, 2.05) is 25.1 Å². The number of anilines is 2. The van der Waals surface area contributed by atoms with Gasteiger partial charge in [-0.15, -0.1) is 0 Å². The van der Waals surface area contributed by atoms with E-state index in [1.54, 1.807) is 32.9 Å². The molecule has 0 unspecified atom stereocenters. The summed E-state index contributed by atoms with van der Waals surface area (Å²) in [6.07, 6.45) is 1.43. The average Bonchev–Trinajstić information content (AvgIpc) is 3.06. The maximum Gasteiger partial charge on any atom is 0.186 e. The fourth-order valence-corrected chi connectivity index (χ4v) is 4.56. The van der Waals surface area contributed by atoms with Gasteiger partial charge in [0.05, 0.1) is 22.9 Å². The predicted molar refractivity (Wildman–Crippen MR) is 117 cm³/mol. The fraction of sp³-hybridized carbons (Fsp3) is 0.286. The molecule has 4 rings (SSSR count). The lowest BCUT2D eigenvalue weighted by Crippen LogP contribution is -2.28. The largest absolute Gasteiger partial charge is 0.495 e. The molecule has 4 aromatic rings. The number of aryl methyl sites for hydroxylation is 1. The third-order valence-corrected chi connectivity index (χ3v) is 7.54. The van der Waals surface area contributed by atoms with Crippen LogP contribution in [0.4, 0.5) is 11.5 Å². The number of hydrogen-bond acceptors (Lipinski definition) is 7. The first-order valence-electron chi connectivity index (χ1n) is 9.41. The Hall–Kier alpha value is -3.20. The summed E-state index contributed by atoms with van der Waals surface area (Å²) in [5.41, 5.74) is 3.18. The first-order chi connectivity index (χ1) is 14.1. The van der Waals surface area contributed by atoms with Gasteiger partial charge >= 0.3 is 0 Å². The van der Waals surface area contributed by atoms with Gasteiger partial charge in [-0.1, -0.05) is 0 Å². The number of benzene rings is 2. The van der Waals surface area contributed by atoms with Crippen molar-refractivity contribution < 1.29 is 13.2 Å². The maximum absolute atomic E-state index is 13.1. The molecule has 0 atom stereocenters. The topological polar surface area (TPSA) is 110 Å². The van der Waals surface area contributed by atoms with E-state index in [0.29, 0.717) is 16.7 Å². The van der Waals surface area contributed by atoms with Crippen LogP contribution in [-0.2, 0) is 9.84 Å². The zero-order chi connectivity index (χ0) is 21.7. The van der Waals surface area contributed by atoms with Gasteiger partial charge in [-0.25, -0.2) is 18.4 Å². The van der Waals surface area contributed by atoms with E-state index in [2.05, 4.69) is 25.5 Å². The molecule has 2 N–H and O–H groups in total. The van der Waals surface area contributed by atoms with Crippen LogP contribution in [0.2, 0.25) is 0 Å². The molecule has 0 saturated heterocycles. The van der Waals surface area contributed by atoms with Gasteiger partial charge in [-0.3, -0.25) is 5.10 Å². The van der Waals surface area contributed by atoms with Crippen LogP contribution in [0.1, 0.15) is 26.5 Å². The standard InChI is InChI=1S/C21H23N5O3S/c1-12-14-7-6-13(8-17(14)26-25-12)24-20-15-9-19(30(27,28)21(2,3)4)18(29-5)10-16(15)22-11-23-20/h6-11H,1-5H3,(H,25,26)(H,22,23,24). The molecule has 0 aliphatic carbocycles. The Balaban J connectivity index is 1.87. The SMILES string of the molecule is COc1cc2ncnc(Nc3ccc4c(C)[nH]nc4c3)c2cc1S(=O)(=O)C(C)(C)C. The molecule has 0 fully saturated rings. The molecule has 0 spiro atoms. The normalized spacial score (nSPS) is 12.4. The Morgan fingerprint density at radius 1 is 1.03 bits per heavy atom. The number of ether oxygens (including phenoxy) is 1. The first-order valence-corrected chi connectivity index (χ1v) is 10.9. The van der Waals surface area contributed by atoms with Gasteiger partial charge in [0.15, 0.2) is 9.84 Å². The summed E-state index contributed by atoms with van der Waals surface area (Å²) in [7, 11) is -2.20. The molecule has 0 amide bonds. The van der Waals surface area contributed by atoms with E-state index >= 15 is 0 Å². The van der Waals surface area contributed by atoms with Crippen LogP contribution in [0.3, 0.4) is 0 Å². The zero-order valence-electron chi connectivity index (χ0n) is 17.4. The number of rotatable bonds is 4. The van der Waals surface area contributed by atoms with E-state index in [4.69, 9.17) is 4.74 Å². The number of methoxy groups -OCH3 is 1. The minimum atomic E-state index is -3.65. The number of H-pyrrole nitrogens is 1. The van der Waals surface area contributed by atoms with E-state index in [9.17, 15) is 8.42 Å². The quantitative estimate of drug-likeness (QED) is 0.506. The molecule has 0 aliphatic rings. The summed E-state index contributed by atoms with van der Waals surface area (Å²) in [5.74, 6) is 0.759. The number of nitrogens with one attached hydrogen (secondary N) is 2. The molecule has 2 heterocycles. The highest BCUT2D eigenvalue weighted by molar-refractivity contribution is 7.92. The molecular weight excluding hydrogens is 402 g/mol. The number of fused-ring (bicyclic) bond motifs is 2. The molecule has 0 bridgehead atoms. The first kappa shape index (κ1) is 20.1. The van der Waals surface area contributed by atoms with Crippen LogP contribution in [0.25, 0.3) is 21.8 Å². The number of sulfone groups is 1. The Labute approximate surface area is 174 Å². The zero-order valence-corrected chi connectivity index (χ0v) is 18.3. The van der Waals surface area contributed by atoms with Crippen LogP contribution in [-0.4, -0.2) is 40.4 Å². The molecule has 156 valence electrons. The lowest BCUT2D eigenvalue weighted by Gasteiger charge is -2.21. The third kappa shape index (κ3) is 3.24. The number of nitrogens with zero attached hydrogens (tertiary/aromatic N) is 3. The van der Waals surface area contributed by atoms with Crippen molar-refractivity contribution in [3.05, 3.63) is 42.4 Å². The van der Waals surface area contributed by atoms with Gasteiger partial charge in [-0.05, 0) is 52.0 Å². The molecule has 30 heavy (non-hydrogen) atoms. The molecular formula is C21H23N5O3S. The third-order valence-electron chi connectivity index (χ3n) is 5.02. The second kappa shape index (κ2) is 6.94. The van der Waals surface area contributed by atoms with E-state index in [1.165, 1.54) is 13.4 Å². The minimum Gasteiger partial charge on any atom is -0.495 e. The summed E-state index contributed by atoms with van der Waals surface area (Å²) in [6, 6.07) is 9.01. The van der Waals surface area contributed by atoms with Crippen molar-refractivity contribution >= 4 is 43.1 Å². The molecule has 2 aromatic carbocycles. The van der Waals surface area contributed by atoms with Gasteiger partial charge in [0.2, 0.25) is 0 Å². The number of aromatic nitrogens is 4. The Kier molecular flexibility index (Phi) is 4.65. The maximum atomic E-state index is 13.1. The highest BCUT2D eigenvalue weighted by Gasteiger charge is 2.34. The second-order valence-corrected chi connectivity index (χ2v) is 10.7. The summed E-state index contributed by atoms with van der Waals surface area (Å²) in [4.78, 5) is 8.74. The summed E-state index contributed by atoms with van der Waals surface area (Å²) < 4.78 is 30.7. The number of aromatic amines is 1. The minimum absolute atomic E-state index is 0.112. The van der Waals surface area contributed by atoms with Crippen molar-refractivity contribution in [1.82, 2.24) is 20.2 Å². The van der Waals surface area contributed by atoms with Crippen LogP contribution in [0.15, 0.2) is 41.6 Å². The van der Waals surface area contributed by atoms with Crippen LogP contribution >= 0.6 is 0 Å². The van der Waals surface area contributed by atoms with Crippen LogP contribution < -0.4 is 10.1 Å². The lowest BCUT2D eigenvalue weighted by atomic mass is 10.2. The van der Waals surface area contributed by atoms with Crippen LogP contribution in [0, 0.1) is 6.92 Å². The Morgan fingerprint density at radius 2 is 1.80 bits per heavy atom. The average molecular weight is 426 g/mol. The van der Waals surface area contributed by atoms with Crippen molar-refractivity contribution in [2.75, 3.05) is 12.4 Å². The van der Waals surface area contributed by atoms with Gasteiger partial charge in [0, 0.05) is 28.2 Å². The molecule has 0 radical (unpaired) electrons.